The second-order valence-corrected chi connectivity index (χ2v) is 11.4. The number of rotatable bonds is 6. The zero-order valence-corrected chi connectivity index (χ0v) is 19.4. The minimum absolute atomic E-state index is 0.0684. The fourth-order valence-electron chi connectivity index (χ4n) is 4.77. The summed E-state index contributed by atoms with van der Waals surface area (Å²) in [5, 5.41) is 7.46. The Kier molecular flexibility index (Phi) is 5.96. The van der Waals surface area contributed by atoms with Gasteiger partial charge in [-0.25, -0.2) is 12.8 Å². The highest BCUT2D eigenvalue weighted by molar-refractivity contribution is 7.93. The highest BCUT2D eigenvalue weighted by Gasteiger charge is 2.46. The van der Waals surface area contributed by atoms with E-state index in [9.17, 15) is 26.4 Å². The van der Waals surface area contributed by atoms with Crippen LogP contribution in [0.3, 0.4) is 0 Å². The molecule has 180 valence electrons. The average Bonchev–Trinajstić information content (AvgIpc) is 3.06. The van der Waals surface area contributed by atoms with E-state index in [0.29, 0.717) is 25.0 Å². The Morgan fingerprint density at radius 2 is 2.00 bits per heavy atom. The van der Waals surface area contributed by atoms with Crippen molar-refractivity contribution in [3.8, 4) is 17.0 Å². The number of sulfone groups is 1. The lowest BCUT2D eigenvalue weighted by Gasteiger charge is -2.39. The molecule has 0 unspecified atom stereocenters. The maximum atomic E-state index is 14.7. The van der Waals surface area contributed by atoms with Gasteiger partial charge in [-0.3, -0.25) is 9.48 Å². The number of nitrogens with zero attached hydrogens (tertiary/aromatic N) is 2. The van der Waals surface area contributed by atoms with Gasteiger partial charge in [0.05, 0.1) is 22.7 Å². The van der Waals surface area contributed by atoms with Crippen LogP contribution in [0.5, 0.6) is 5.75 Å². The van der Waals surface area contributed by atoms with E-state index in [-0.39, 0.29) is 40.7 Å². The highest BCUT2D eigenvalue weighted by atomic mass is 32.2. The van der Waals surface area contributed by atoms with Gasteiger partial charge < -0.3 is 10.1 Å². The van der Waals surface area contributed by atoms with Crippen LogP contribution in [0, 0.1) is 11.7 Å². The SMILES string of the molecule is CC(C)n1nc(-c2cc(OC(F)F)ccc2F)c2c1C[C@H](C(=O)NC1(C)CS(=O)(=O)C1)CC2. The summed E-state index contributed by atoms with van der Waals surface area (Å²) in [5.74, 6) is -1.51. The molecule has 1 aliphatic heterocycles. The Bertz CT molecular complexity index is 1180. The highest BCUT2D eigenvalue weighted by Crippen LogP contribution is 2.37. The molecule has 11 heteroatoms. The van der Waals surface area contributed by atoms with Crippen LogP contribution in [0.25, 0.3) is 11.3 Å². The zero-order valence-electron chi connectivity index (χ0n) is 18.6. The van der Waals surface area contributed by atoms with Crippen LogP contribution in [-0.4, -0.2) is 47.8 Å². The van der Waals surface area contributed by atoms with E-state index in [4.69, 9.17) is 0 Å². The number of benzene rings is 1. The summed E-state index contributed by atoms with van der Waals surface area (Å²) in [6.07, 6.45) is 1.29. The summed E-state index contributed by atoms with van der Waals surface area (Å²) in [6, 6.07) is 3.34. The number of hydrogen-bond donors (Lipinski definition) is 1. The van der Waals surface area contributed by atoms with Crippen molar-refractivity contribution in [1.29, 1.82) is 0 Å². The van der Waals surface area contributed by atoms with Crippen LogP contribution in [0.1, 0.15) is 44.5 Å². The lowest BCUT2D eigenvalue weighted by Crippen LogP contribution is -2.64. The molecule has 1 aliphatic carbocycles. The van der Waals surface area contributed by atoms with Gasteiger partial charge in [-0.2, -0.15) is 13.9 Å². The average molecular weight is 486 g/mol. The molecule has 2 heterocycles. The number of alkyl halides is 2. The molecule has 1 saturated heterocycles. The first-order valence-corrected chi connectivity index (χ1v) is 12.6. The van der Waals surface area contributed by atoms with E-state index in [1.807, 2.05) is 13.8 Å². The third-order valence-corrected chi connectivity index (χ3v) is 8.23. The molecule has 1 amide bonds. The summed E-state index contributed by atoms with van der Waals surface area (Å²) in [4.78, 5) is 12.9. The van der Waals surface area contributed by atoms with Crippen molar-refractivity contribution >= 4 is 15.7 Å². The summed E-state index contributed by atoms with van der Waals surface area (Å²) in [7, 11) is -3.10. The Labute approximate surface area is 190 Å². The maximum absolute atomic E-state index is 14.7. The van der Waals surface area contributed by atoms with Gasteiger partial charge in [0, 0.05) is 35.2 Å². The van der Waals surface area contributed by atoms with Crippen molar-refractivity contribution < 1.29 is 31.1 Å². The normalized spacial score (nSPS) is 20.9. The van der Waals surface area contributed by atoms with E-state index < -0.39 is 27.8 Å². The molecule has 4 rings (SSSR count). The van der Waals surface area contributed by atoms with Gasteiger partial charge in [0.15, 0.2) is 9.84 Å². The molecule has 0 bridgehead atoms. The summed E-state index contributed by atoms with van der Waals surface area (Å²) < 4.78 is 69.2. The number of carbonyl (C=O) groups is 1. The van der Waals surface area contributed by atoms with Gasteiger partial charge in [-0.1, -0.05) is 0 Å². The minimum atomic E-state index is -3.10. The molecular formula is C22H26F3N3O4S. The third kappa shape index (κ3) is 4.73. The van der Waals surface area contributed by atoms with Crippen molar-refractivity contribution in [1.82, 2.24) is 15.1 Å². The molecule has 33 heavy (non-hydrogen) atoms. The van der Waals surface area contributed by atoms with E-state index in [1.165, 1.54) is 6.07 Å². The third-order valence-electron chi connectivity index (χ3n) is 6.08. The predicted octanol–water partition coefficient (Wildman–Crippen LogP) is 3.28. The first-order chi connectivity index (χ1) is 15.4. The molecular weight excluding hydrogens is 459 g/mol. The summed E-state index contributed by atoms with van der Waals surface area (Å²) in [6.45, 7) is 2.51. The second-order valence-electron chi connectivity index (χ2n) is 9.35. The lowest BCUT2D eigenvalue weighted by molar-refractivity contribution is -0.126. The standard InChI is InChI=1S/C22H26F3N3O4S/c1-12(2)28-18-8-13(20(29)26-22(3)10-33(30,31)11-22)4-6-15(18)19(27-28)16-9-14(32-21(24)25)5-7-17(16)23/h5,7,9,12-13,21H,4,6,8,10-11H2,1-3H3,(H,26,29)/t13-/m1/s1. The molecule has 1 N–H and O–H groups in total. The van der Waals surface area contributed by atoms with Gasteiger partial charge in [0.2, 0.25) is 5.91 Å². The molecule has 0 radical (unpaired) electrons. The molecule has 1 fully saturated rings. The number of fused-ring (bicyclic) bond motifs is 1. The lowest BCUT2D eigenvalue weighted by atomic mass is 9.84. The number of ether oxygens (including phenoxy) is 1. The van der Waals surface area contributed by atoms with Crippen LogP contribution >= 0.6 is 0 Å². The Balaban J connectivity index is 1.63. The van der Waals surface area contributed by atoms with Crippen LogP contribution in [0.15, 0.2) is 18.2 Å². The number of carbonyl (C=O) groups excluding carboxylic acids is 1. The second kappa shape index (κ2) is 8.34. The summed E-state index contributed by atoms with van der Waals surface area (Å²) in [5.41, 5.74) is 1.23. The van der Waals surface area contributed by atoms with Gasteiger partial charge >= 0.3 is 6.61 Å². The van der Waals surface area contributed by atoms with Crippen LogP contribution in [0.4, 0.5) is 13.2 Å². The van der Waals surface area contributed by atoms with Crippen LogP contribution < -0.4 is 10.1 Å². The first-order valence-electron chi connectivity index (χ1n) is 10.7. The quantitative estimate of drug-likeness (QED) is 0.678. The van der Waals surface area contributed by atoms with E-state index >= 15 is 0 Å². The predicted molar refractivity (Wildman–Crippen MR) is 115 cm³/mol. The molecule has 1 atom stereocenters. The number of hydrogen-bond acceptors (Lipinski definition) is 5. The number of nitrogens with one attached hydrogen (secondary N) is 1. The molecule has 2 aromatic rings. The zero-order chi connectivity index (χ0) is 24.1. The van der Waals surface area contributed by atoms with Crippen molar-refractivity contribution in [2.75, 3.05) is 11.5 Å². The number of halogens is 3. The van der Waals surface area contributed by atoms with E-state index in [1.54, 1.807) is 11.6 Å². The minimum Gasteiger partial charge on any atom is -0.435 e. The first kappa shape index (κ1) is 23.6. The van der Waals surface area contributed by atoms with Crippen molar-refractivity contribution in [2.45, 2.75) is 58.2 Å². The fraction of sp³-hybridized carbons (Fsp3) is 0.545. The topological polar surface area (TPSA) is 90.3 Å². The van der Waals surface area contributed by atoms with Gasteiger partial charge in [-0.05, 0) is 51.8 Å². The number of aromatic nitrogens is 2. The molecule has 2 aliphatic rings. The van der Waals surface area contributed by atoms with Gasteiger partial charge in [-0.15, -0.1) is 0 Å². The van der Waals surface area contributed by atoms with Gasteiger partial charge in [0.1, 0.15) is 11.6 Å². The maximum Gasteiger partial charge on any atom is 0.387 e. The molecule has 1 aromatic heterocycles. The summed E-state index contributed by atoms with van der Waals surface area (Å²) >= 11 is 0. The Morgan fingerprint density at radius 1 is 1.30 bits per heavy atom. The van der Waals surface area contributed by atoms with E-state index in [2.05, 4.69) is 15.2 Å². The Hall–Kier alpha value is -2.56. The van der Waals surface area contributed by atoms with Gasteiger partial charge in [0.25, 0.3) is 0 Å². The fourth-order valence-corrected chi connectivity index (χ4v) is 6.77. The van der Waals surface area contributed by atoms with Crippen LogP contribution in [0.2, 0.25) is 0 Å². The molecule has 0 saturated carbocycles. The number of amides is 1. The van der Waals surface area contributed by atoms with E-state index in [0.717, 1.165) is 23.4 Å². The molecule has 1 aromatic carbocycles. The van der Waals surface area contributed by atoms with Crippen LogP contribution in [-0.2, 0) is 27.5 Å². The Morgan fingerprint density at radius 3 is 2.61 bits per heavy atom. The smallest absolute Gasteiger partial charge is 0.387 e. The van der Waals surface area contributed by atoms with Crippen molar-refractivity contribution in [3.05, 3.63) is 35.3 Å². The monoisotopic (exact) mass is 485 g/mol. The molecule has 7 nitrogen and oxygen atoms in total. The largest absolute Gasteiger partial charge is 0.435 e. The molecule has 0 spiro atoms. The van der Waals surface area contributed by atoms with Crippen molar-refractivity contribution in [3.63, 3.8) is 0 Å². The van der Waals surface area contributed by atoms with Crippen molar-refractivity contribution in [2.24, 2.45) is 5.92 Å².